The lowest BCUT2D eigenvalue weighted by Crippen LogP contribution is -2.57. The van der Waals surface area contributed by atoms with Crippen molar-refractivity contribution in [2.24, 2.45) is 11.8 Å². The van der Waals surface area contributed by atoms with Gasteiger partial charge in [0.25, 0.3) is 5.91 Å². The number of methoxy groups -OCH3 is 1. The zero-order valence-electron chi connectivity index (χ0n) is 32.8. The number of nitrogens with one attached hydrogen (secondary N) is 4. The van der Waals surface area contributed by atoms with Gasteiger partial charge in [0.05, 0.1) is 30.1 Å². The predicted octanol–water partition coefficient (Wildman–Crippen LogP) is 3.75. The molecule has 2 aromatic carbocycles. The molecule has 0 bridgehead atoms. The predicted molar refractivity (Wildman–Crippen MR) is 217 cm³/mol. The number of ether oxygens (including phenoxy) is 2. The second-order valence-electron chi connectivity index (χ2n) is 16.4. The van der Waals surface area contributed by atoms with Crippen LogP contribution in [0.1, 0.15) is 70.6 Å². The maximum atomic E-state index is 14.8. The highest BCUT2D eigenvalue weighted by Gasteiger charge is 2.62. The van der Waals surface area contributed by atoms with Gasteiger partial charge in [0, 0.05) is 60.3 Å². The molecule has 4 N–H and O–H groups in total. The molecule has 15 heteroatoms. The third-order valence-electron chi connectivity index (χ3n) is 12.2. The molecule has 4 fully saturated rings. The number of benzene rings is 2. The van der Waals surface area contributed by atoms with E-state index in [0.717, 1.165) is 49.6 Å². The van der Waals surface area contributed by atoms with Crippen molar-refractivity contribution in [2.75, 3.05) is 26.7 Å². The van der Waals surface area contributed by atoms with E-state index < -0.39 is 56.6 Å². The minimum absolute atomic E-state index is 0.00627. The van der Waals surface area contributed by atoms with Crippen molar-refractivity contribution in [1.29, 1.82) is 0 Å². The first-order valence-corrected chi connectivity index (χ1v) is 22.1. The van der Waals surface area contributed by atoms with Gasteiger partial charge in [-0.3, -0.25) is 23.9 Å². The van der Waals surface area contributed by atoms with Crippen molar-refractivity contribution >= 4 is 44.6 Å². The molecule has 2 saturated heterocycles. The number of nitrogens with zero attached hydrogens (tertiary/aromatic N) is 2. The summed E-state index contributed by atoms with van der Waals surface area (Å²) >= 11 is 0. The molecule has 0 radical (unpaired) electrons. The number of amides is 4. The Balaban J connectivity index is 1.11. The van der Waals surface area contributed by atoms with E-state index in [0.29, 0.717) is 48.5 Å². The number of sulfonamides is 1. The Morgan fingerprint density at radius 1 is 1.02 bits per heavy atom. The molecular weight excluding hydrogens is 761 g/mol. The fraction of sp³-hybridized carbons (Fsp3) is 0.512. The Kier molecular flexibility index (Phi) is 11.4. The van der Waals surface area contributed by atoms with Gasteiger partial charge in [0.2, 0.25) is 27.7 Å². The van der Waals surface area contributed by atoms with Crippen LogP contribution in [0.25, 0.3) is 22.2 Å². The number of aromatic nitrogens is 1. The van der Waals surface area contributed by atoms with Crippen LogP contribution < -0.4 is 30.1 Å². The summed E-state index contributed by atoms with van der Waals surface area (Å²) < 4.78 is 40.4. The van der Waals surface area contributed by atoms with Gasteiger partial charge >= 0.3 is 0 Å². The molecule has 3 aromatic rings. The summed E-state index contributed by atoms with van der Waals surface area (Å²) in [7, 11) is -2.30. The van der Waals surface area contributed by atoms with Crippen LogP contribution in [0.2, 0.25) is 0 Å². The van der Waals surface area contributed by atoms with Crippen LogP contribution >= 0.6 is 0 Å². The third kappa shape index (κ3) is 8.70. The Morgan fingerprint density at radius 3 is 2.60 bits per heavy atom. The van der Waals surface area contributed by atoms with E-state index in [2.05, 4.69) is 20.7 Å². The first kappa shape index (κ1) is 39.8. The monoisotopic (exact) mass is 812 g/mol. The van der Waals surface area contributed by atoms with E-state index in [1.54, 1.807) is 7.11 Å². The second-order valence-corrected chi connectivity index (χ2v) is 18.4. The number of pyridine rings is 1. The van der Waals surface area contributed by atoms with Crippen LogP contribution in [-0.4, -0.2) is 97.7 Å². The lowest BCUT2D eigenvalue weighted by molar-refractivity contribution is -0.144. The Bertz CT molecular complexity index is 2190. The van der Waals surface area contributed by atoms with Crippen molar-refractivity contribution in [3.8, 4) is 22.8 Å². The molecule has 0 spiro atoms. The fourth-order valence-electron chi connectivity index (χ4n) is 8.60. The molecule has 2 aliphatic carbocycles. The van der Waals surface area contributed by atoms with Gasteiger partial charge in [0.15, 0.2) is 0 Å². The summed E-state index contributed by atoms with van der Waals surface area (Å²) in [5.41, 5.74) is 0.704. The standard InChI is InChI=1S/C43H52N6O8S/c1-56-31-14-17-34-36(21-31)46-35(27-10-7-5-8-11-27)23-38(34)57-32-22-37-40(51)47-43(42(53)48-58(54,55)33-15-16-33)24-29(43)13-9-4-2-3-6-12-28(41(52)49(37)26-32)20-39(50)45-30-18-19-44-25-30/h5,7-11,13-14,17,21,23,28-30,32-33,37,44H,2-4,6,12,15-16,18-20,22,24-26H2,1H3,(H,45,50)(H,47,51)(H,48,53)/t28-,29-,30-,32-,37+,43-/m1/s1. The van der Waals surface area contributed by atoms with Crippen LogP contribution in [0, 0.1) is 11.8 Å². The first-order chi connectivity index (χ1) is 28.0. The topological polar surface area (TPSA) is 185 Å². The Labute approximate surface area is 338 Å². The largest absolute Gasteiger partial charge is 0.497 e. The molecular formula is C43H52N6O8S. The Morgan fingerprint density at radius 2 is 1.84 bits per heavy atom. The molecule has 2 saturated carbocycles. The summed E-state index contributed by atoms with van der Waals surface area (Å²) in [5, 5.41) is 9.38. The summed E-state index contributed by atoms with van der Waals surface area (Å²) in [6.45, 7) is 1.54. The van der Waals surface area contributed by atoms with Gasteiger partial charge in [-0.15, -0.1) is 0 Å². The van der Waals surface area contributed by atoms with Crippen LogP contribution in [0.5, 0.6) is 11.5 Å². The first-order valence-electron chi connectivity index (χ1n) is 20.6. The molecule has 5 aliphatic rings. The van der Waals surface area contributed by atoms with Gasteiger partial charge in [-0.2, -0.15) is 0 Å². The SMILES string of the molecule is COc1ccc2c(O[C@@H]3C[C@H]4C(=O)N[C@]5(C(=O)NS(=O)(=O)C6CC6)C[C@H]5C=CCCCCC[C@H](CC(=O)N[C@@H]5CCNC5)C(=O)N4C3)cc(-c3ccccc3)nc2c1. The Hall–Kier alpha value is -5.02. The van der Waals surface area contributed by atoms with Gasteiger partial charge in [-0.1, -0.05) is 55.3 Å². The van der Waals surface area contributed by atoms with E-state index in [9.17, 15) is 27.6 Å². The molecule has 308 valence electrons. The number of rotatable bonds is 10. The highest BCUT2D eigenvalue weighted by molar-refractivity contribution is 7.91. The summed E-state index contributed by atoms with van der Waals surface area (Å²) in [6, 6.07) is 16.0. The summed E-state index contributed by atoms with van der Waals surface area (Å²) in [4.78, 5) is 63.0. The lowest BCUT2D eigenvalue weighted by Gasteiger charge is -2.29. The lowest BCUT2D eigenvalue weighted by atomic mass is 9.94. The third-order valence-corrected chi connectivity index (χ3v) is 14.0. The smallest absolute Gasteiger partial charge is 0.259 e. The number of hydrogen-bond donors (Lipinski definition) is 4. The maximum absolute atomic E-state index is 14.8. The molecule has 1 aromatic heterocycles. The van der Waals surface area contributed by atoms with E-state index in [1.807, 2.05) is 66.7 Å². The molecule has 58 heavy (non-hydrogen) atoms. The normalized spacial score (nSPS) is 27.7. The van der Waals surface area contributed by atoms with Crippen LogP contribution in [0.4, 0.5) is 0 Å². The van der Waals surface area contributed by atoms with Crippen LogP contribution in [0.3, 0.4) is 0 Å². The van der Waals surface area contributed by atoms with E-state index in [1.165, 1.54) is 4.90 Å². The minimum Gasteiger partial charge on any atom is -0.497 e. The molecule has 8 rings (SSSR count). The van der Waals surface area contributed by atoms with Crippen LogP contribution in [-0.2, 0) is 29.2 Å². The molecule has 4 amide bonds. The molecule has 3 aliphatic heterocycles. The molecule has 6 atom stereocenters. The van der Waals surface area contributed by atoms with Crippen molar-refractivity contribution in [1.82, 2.24) is 30.6 Å². The zero-order valence-corrected chi connectivity index (χ0v) is 33.6. The number of carbonyl (C=O) groups excluding carboxylic acids is 4. The summed E-state index contributed by atoms with van der Waals surface area (Å²) in [5.74, 6) is -1.82. The van der Waals surface area contributed by atoms with E-state index >= 15 is 0 Å². The van der Waals surface area contributed by atoms with Gasteiger partial charge in [-0.05, 0) is 63.6 Å². The maximum Gasteiger partial charge on any atom is 0.259 e. The second kappa shape index (κ2) is 16.7. The highest BCUT2D eigenvalue weighted by atomic mass is 32.2. The average Bonchev–Trinajstić information content (AvgIpc) is 4.09. The molecule has 0 unspecified atom stereocenters. The van der Waals surface area contributed by atoms with Crippen molar-refractivity contribution in [3.05, 3.63) is 66.7 Å². The van der Waals surface area contributed by atoms with Crippen molar-refractivity contribution in [2.45, 2.75) is 99.6 Å². The quantitative estimate of drug-likeness (QED) is 0.220. The summed E-state index contributed by atoms with van der Waals surface area (Å²) in [6.07, 6.45) is 8.90. The number of fused-ring (bicyclic) bond motifs is 3. The number of carbonyl (C=O) groups is 4. The number of hydrogen-bond acceptors (Lipinski definition) is 10. The van der Waals surface area contributed by atoms with Crippen molar-refractivity contribution < 1.29 is 37.1 Å². The van der Waals surface area contributed by atoms with Gasteiger partial charge in [-0.25, -0.2) is 13.4 Å². The highest BCUT2D eigenvalue weighted by Crippen LogP contribution is 2.46. The molecule has 14 nitrogen and oxygen atoms in total. The van der Waals surface area contributed by atoms with E-state index in [4.69, 9.17) is 14.5 Å². The van der Waals surface area contributed by atoms with E-state index in [-0.39, 0.29) is 43.7 Å². The molecule has 4 heterocycles. The average molecular weight is 813 g/mol. The van der Waals surface area contributed by atoms with Crippen molar-refractivity contribution in [3.63, 3.8) is 0 Å². The minimum atomic E-state index is -3.89. The zero-order chi connectivity index (χ0) is 40.4. The van der Waals surface area contributed by atoms with Crippen LogP contribution in [0.15, 0.2) is 66.7 Å². The fourth-order valence-corrected chi connectivity index (χ4v) is 9.97. The van der Waals surface area contributed by atoms with Gasteiger partial charge in [0.1, 0.15) is 29.2 Å². The van der Waals surface area contributed by atoms with Gasteiger partial charge < -0.3 is 30.3 Å². The number of allylic oxidation sites excluding steroid dienone is 1.